The van der Waals surface area contributed by atoms with Gasteiger partial charge in [-0.1, -0.05) is 66.7 Å². The van der Waals surface area contributed by atoms with Crippen molar-refractivity contribution in [3.63, 3.8) is 0 Å². The highest BCUT2D eigenvalue weighted by Gasteiger charge is 2.48. The lowest BCUT2D eigenvalue weighted by Crippen LogP contribution is -2.42. The number of aliphatic hydroxyl groups is 1. The first-order chi connectivity index (χ1) is 19.0. The topological polar surface area (TPSA) is 99.4 Å². The summed E-state index contributed by atoms with van der Waals surface area (Å²) in [5, 5.41) is 12.0. The van der Waals surface area contributed by atoms with Crippen molar-refractivity contribution >= 4 is 16.9 Å². The van der Waals surface area contributed by atoms with E-state index < -0.39 is 12.0 Å². The number of benzene rings is 3. The molecule has 0 radical (unpaired) electrons. The molecule has 1 aliphatic heterocycles. The number of carbonyl (C=O) groups is 1. The molecule has 0 saturated heterocycles. The zero-order valence-corrected chi connectivity index (χ0v) is 21.3. The van der Waals surface area contributed by atoms with Gasteiger partial charge in [0.2, 0.25) is 0 Å². The Morgan fingerprint density at radius 2 is 1.82 bits per heavy atom. The Balaban J connectivity index is 1.13. The van der Waals surface area contributed by atoms with Crippen LogP contribution in [0, 0.1) is 0 Å². The summed E-state index contributed by atoms with van der Waals surface area (Å²) in [5.41, 5.74) is 4.98. The van der Waals surface area contributed by atoms with Crippen molar-refractivity contribution < 1.29 is 14.3 Å². The van der Waals surface area contributed by atoms with E-state index in [1.165, 1.54) is 0 Å². The first-order valence-electron chi connectivity index (χ1n) is 13.2. The van der Waals surface area contributed by atoms with E-state index in [9.17, 15) is 14.7 Å². The molecule has 0 spiro atoms. The second-order valence-corrected chi connectivity index (χ2v) is 10.5. The van der Waals surface area contributed by atoms with Crippen LogP contribution >= 0.6 is 0 Å². The summed E-state index contributed by atoms with van der Waals surface area (Å²) in [7, 11) is 0. The molecule has 1 fully saturated rings. The number of hydrogen-bond acceptors (Lipinski definition) is 5. The molecule has 2 aromatic heterocycles. The molecule has 1 atom stereocenters. The van der Waals surface area contributed by atoms with Gasteiger partial charge < -0.3 is 19.4 Å². The maximum atomic E-state index is 13.4. The third-order valence-corrected chi connectivity index (χ3v) is 8.14. The molecule has 1 aliphatic carbocycles. The van der Waals surface area contributed by atoms with E-state index in [0.29, 0.717) is 29.9 Å². The van der Waals surface area contributed by atoms with Crippen LogP contribution in [0.4, 0.5) is 0 Å². The third-order valence-electron chi connectivity index (χ3n) is 8.14. The molecule has 3 heterocycles. The Kier molecular flexibility index (Phi) is 5.49. The fraction of sp³-hybridized carbons (Fsp3) is 0.219. The fourth-order valence-corrected chi connectivity index (χ4v) is 5.78. The van der Waals surface area contributed by atoms with Gasteiger partial charge in [0.1, 0.15) is 11.4 Å². The third kappa shape index (κ3) is 3.97. The van der Waals surface area contributed by atoms with Gasteiger partial charge in [0.25, 0.3) is 11.5 Å². The van der Waals surface area contributed by atoms with Gasteiger partial charge in [-0.2, -0.15) is 0 Å². The number of rotatable bonds is 5. The van der Waals surface area contributed by atoms with Crippen LogP contribution in [0.2, 0.25) is 0 Å². The summed E-state index contributed by atoms with van der Waals surface area (Å²) in [4.78, 5) is 36.0. The number of carbonyl (C=O) groups excluding carboxylic acids is 1. The number of hydrogen-bond donors (Lipinski definition) is 2. The average molecular weight is 518 g/mol. The van der Waals surface area contributed by atoms with Crippen molar-refractivity contribution in [2.45, 2.75) is 37.3 Å². The highest BCUT2D eigenvalue weighted by atomic mass is 16.3. The molecule has 1 amide bonds. The lowest BCUT2D eigenvalue weighted by atomic mass is 9.94. The highest BCUT2D eigenvalue weighted by Crippen LogP contribution is 2.52. The summed E-state index contributed by atoms with van der Waals surface area (Å²) in [6, 6.07) is 25.2. The zero-order chi connectivity index (χ0) is 26.6. The molecule has 3 aromatic carbocycles. The molecule has 0 bridgehead atoms. The van der Waals surface area contributed by atoms with Gasteiger partial charge in [-0.05, 0) is 41.7 Å². The minimum absolute atomic E-state index is 0.123. The van der Waals surface area contributed by atoms with Crippen LogP contribution in [0.15, 0.2) is 94.3 Å². The molecule has 2 N–H and O–H groups in total. The average Bonchev–Trinajstić information content (AvgIpc) is 3.69. The van der Waals surface area contributed by atoms with Crippen LogP contribution in [-0.4, -0.2) is 32.4 Å². The predicted octanol–water partition coefficient (Wildman–Crippen LogP) is 4.88. The van der Waals surface area contributed by atoms with Crippen LogP contribution in [0.3, 0.4) is 0 Å². The van der Waals surface area contributed by atoms with E-state index in [4.69, 9.17) is 9.40 Å². The second kappa shape index (κ2) is 9.06. The first kappa shape index (κ1) is 23.6. The number of nitrogens with zero attached hydrogens (tertiary/aromatic N) is 2. The standard InChI is InChI=1S/C32H27N3O4/c36-28(21-8-6-7-20(17-21)25-19-39-27-12-5-4-11-23(25)27)30(38)35-16-13-26-24(18-35)29(37)34-31(33-26)32(14-15-32)22-9-2-1-3-10-22/h1-12,17,19,28,36H,13-16,18H2,(H,33,34,37)/t28-/m1/s1. The van der Waals surface area contributed by atoms with E-state index in [0.717, 1.165) is 46.2 Å². The summed E-state index contributed by atoms with van der Waals surface area (Å²) >= 11 is 0. The molecule has 7 nitrogen and oxygen atoms in total. The SMILES string of the molecule is O=C([C@H](O)c1cccc(-c2coc3ccccc23)c1)N1CCc2nc(C3(c4ccccc4)CC3)[nH]c(=O)c2C1. The summed E-state index contributed by atoms with van der Waals surface area (Å²) in [6.45, 7) is 0.515. The van der Waals surface area contributed by atoms with Crippen molar-refractivity contribution in [1.29, 1.82) is 0 Å². The van der Waals surface area contributed by atoms with E-state index in [1.54, 1.807) is 17.2 Å². The van der Waals surface area contributed by atoms with Crippen molar-refractivity contribution in [2.24, 2.45) is 0 Å². The molecular weight excluding hydrogens is 490 g/mol. The number of aromatic amines is 1. The number of aliphatic hydroxyl groups excluding tert-OH is 1. The van der Waals surface area contributed by atoms with Crippen molar-refractivity contribution in [3.05, 3.63) is 124 Å². The minimum atomic E-state index is -1.34. The summed E-state index contributed by atoms with van der Waals surface area (Å²) in [5.74, 6) is 0.280. The Bertz CT molecular complexity index is 1770. The fourth-order valence-electron chi connectivity index (χ4n) is 5.78. The van der Waals surface area contributed by atoms with Crippen molar-refractivity contribution in [2.75, 3.05) is 6.54 Å². The molecule has 39 heavy (non-hydrogen) atoms. The number of amides is 1. The Morgan fingerprint density at radius 1 is 1.03 bits per heavy atom. The smallest absolute Gasteiger partial charge is 0.256 e. The van der Waals surface area contributed by atoms with Gasteiger partial charge >= 0.3 is 0 Å². The minimum Gasteiger partial charge on any atom is -0.464 e. The van der Waals surface area contributed by atoms with Crippen LogP contribution in [0.5, 0.6) is 0 Å². The number of furan rings is 1. The molecule has 1 saturated carbocycles. The maximum absolute atomic E-state index is 13.4. The van der Waals surface area contributed by atoms with Crippen molar-refractivity contribution in [1.82, 2.24) is 14.9 Å². The van der Waals surface area contributed by atoms with Crippen LogP contribution in [-0.2, 0) is 23.2 Å². The maximum Gasteiger partial charge on any atom is 0.256 e. The molecule has 7 rings (SSSR count). The normalized spacial score (nSPS) is 16.6. The monoisotopic (exact) mass is 517 g/mol. The molecule has 2 aliphatic rings. The van der Waals surface area contributed by atoms with Crippen LogP contribution < -0.4 is 5.56 Å². The number of para-hydroxylation sites is 1. The number of nitrogens with one attached hydrogen (secondary N) is 1. The zero-order valence-electron chi connectivity index (χ0n) is 21.3. The van der Waals surface area contributed by atoms with Crippen molar-refractivity contribution in [3.8, 4) is 11.1 Å². The molecule has 7 heteroatoms. The van der Waals surface area contributed by atoms with Crippen LogP contribution in [0.1, 0.15) is 47.2 Å². The van der Waals surface area contributed by atoms with E-state index >= 15 is 0 Å². The van der Waals surface area contributed by atoms with Gasteiger partial charge in [-0.25, -0.2) is 4.98 Å². The first-order valence-corrected chi connectivity index (χ1v) is 13.2. The number of H-pyrrole nitrogens is 1. The van der Waals surface area contributed by atoms with E-state index in [-0.39, 0.29) is 17.5 Å². The lowest BCUT2D eigenvalue weighted by Gasteiger charge is -2.30. The lowest BCUT2D eigenvalue weighted by molar-refractivity contribution is -0.141. The van der Waals surface area contributed by atoms with E-state index in [1.807, 2.05) is 60.7 Å². The molecule has 0 unspecified atom stereocenters. The van der Waals surface area contributed by atoms with Gasteiger partial charge in [-0.15, -0.1) is 0 Å². The quantitative estimate of drug-likeness (QED) is 0.346. The molecular formula is C32H27N3O4. The largest absolute Gasteiger partial charge is 0.464 e. The highest BCUT2D eigenvalue weighted by molar-refractivity contribution is 5.94. The van der Waals surface area contributed by atoms with Crippen LogP contribution in [0.25, 0.3) is 22.1 Å². The second-order valence-electron chi connectivity index (χ2n) is 10.5. The Morgan fingerprint density at radius 3 is 2.64 bits per heavy atom. The van der Waals surface area contributed by atoms with Gasteiger partial charge in [0.15, 0.2) is 6.10 Å². The van der Waals surface area contributed by atoms with Gasteiger partial charge in [-0.3, -0.25) is 9.59 Å². The molecule has 194 valence electrons. The van der Waals surface area contributed by atoms with E-state index in [2.05, 4.69) is 17.1 Å². The Labute approximate surface area is 224 Å². The predicted molar refractivity (Wildman–Crippen MR) is 147 cm³/mol. The summed E-state index contributed by atoms with van der Waals surface area (Å²) < 4.78 is 5.67. The van der Waals surface area contributed by atoms with Gasteiger partial charge in [0.05, 0.1) is 29.5 Å². The number of aromatic nitrogens is 2. The number of fused-ring (bicyclic) bond motifs is 2. The molecule has 5 aromatic rings. The van der Waals surface area contributed by atoms with Gasteiger partial charge in [0, 0.05) is 23.9 Å². The summed E-state index contributed by atoms with van der Waals surface area (Å²) in [6.07, 6.45) is 2.71. The Hall–Kier alpha value is -4.49.